The van der Waals surface area contributed by atoms with Crippen molar-refractivity contribution in [3.63, 3.8) is 0 Å². The van der Waals surface area contributed by atoms with E-state index in [-0.39, 0.29) is 5.91 Å². The van der Waals surface area contributed by atoms with E-state index in [1.807, 2.05) is 31.2 Å². The Morgan fingerprint density at radius 1 is 1.00 bits per heavy atom. The number of hydrogen-bond donors (Lipinski definition) is 2. The summed E-state index contributed by atoms with van der Waals surface area (Å²) < 4.78 is 0. The summed E-state index contributed by atoms with van der Waals surface area (Å²) in [5.74, 6) is 0.0251. The summed E-state index contributed by atoms with van der Waals surface area (Å²) in [6.45, 7) is 6.99. The molecule has 0 aliphatic carbocycles. The van der Waals surface area contributed by atoms with Gasteiger partial charge in [0.1, 0.15) is 0 Å². The Morgan fingerprint density at radius 2 is 1.73 bits per heavy atom. The van der Waals surface area contributed by atoms with E-state index in [1.165, 1.54) is 5.69 Å². The summed E-state index contributed by atoms with van der Waals surface area (Å²) in [5.41, 5.74) is 4.31. The largest absolute Gasteiger partial charge is 0.385 e. The first-order valence-corrected chi connectivity index (χ1v) is 9.24. The molecule has 0 unspecified atom stereocenters. The maximum absolute atomic E-state index is 12.0. The molecule has 0 bridgehead atoms. The molecule has 0 aromatic heterocycles. The number of anilines is 3. The highest BCUT2D eigenvalue weighted by Crippen LogP contribution is 2.19. The van der Waals surface area contributed by atoms with Crippen LogP contribution in [0, 0.1) is 6.92 Å². The number of amides is 1. The topological polar surface area (TPSA) is 47.6 Å². The number of nitrogens with one attached hydrogen (secondary N) is 2. The highest BCUT2D eigenvalue weighted by atomic mass is 16.1. The van der Waals surface area contributed by atoms with Gasteiger partial charge in [0.2, 0.25) is 5.91 Å². The number of carbonyl (C=O) groups excluding carboxylic acids is 1. The quantitative estimate of drug-likeness (QED) is 0.838. The van der Waals surface area contributed by atoms with Gasteiger partial charge < -0.3 is 20.4 Å². The molecule has 2 N–H and O–H groups in total. The lowest BCUT2D eigenvalue weighted by Crippen LogP contribution is -2.44. The van der Waals surface area contributed by atoms with Crippen LogP contribution in [0.3, 0.4) is 0 Å². The molecule has 26 heavy (non-hydrogen) atoms. The Hall–Kier alpha value is -2.53. The second kappa shape index (κ2) is 8.72. The third-order valence-electron chi connectivity index (χ3n) is 4.72. The second-order valence-electron chi connectivity index (χ2n) is 6.93. The summed E-state index contributed by atoms with van der Waals surface area (Å²) in [7, 11) is 2.17. The van der Waals surface area contributed by atoms with E-state index in [4.69, 9.17) is 0 Å². The SMILES string of the molecule is Cc1cccc(NC(=O)CCNc2ccc(N3CCN(C)CC3)cc2)c1. The molecule has 5 nitrogen and oxygen atoms in total. The summed E-state index contributed by atoms with van der Waals surface area (Å²) in [4.78, 5) is 16.8. The van der Waals surface area contributed by atoms with Crippen LogP contribution in [0.4, 0.5) is 17.1 Å². The number of likely N-dealkylation sites (N-methyl/N-ethyl adjacent to an activating group) is 1. The van der Waals surface area contributed by atoms with Gasteiger partial charge in [0.05, 0.1) is 0 Å². The molecule has 2 aromatic carbocycles. The van der Waals surface area contributed by atoms with Crippen molar-refractivity contribution < 1.29 is 4.79 Å². The summed E-state index contributed by atoms with van der Waals surface area (Å²) >= 11 is 0. The normalized spacial score (nSPS) is 14.9. The van der Waals surface area contributed by atoms with Crippen molar-refractivity contribution in [2.24, 2.45) is 0 Å². The third kappa shape index (κ3) is 5.23. The molecule has 0 atom stereocenters. The van der Waals surface area contributed by atoms with Crippen molar-refractivity contribution in [3.8, 4) is 0 Å². The molecule has 1 aliphatic rings. The number of carbonyl (C=O) groups is 1. The average Bonchev–Trinajstić information content (AvgIpc) is 2.63. The zero-order valence-electron chi connectivity index (χ0n) is 15.7. The molecule has 2 aromatic rings. The van der Waals surface area contributed by atoms with E-state index >= 15 is 0 Å². The van der Waals surface area contributed by atoms with Crippen LogP contribution in [0.25, 0.3) is 0 Å². The van der Waals surface area contributed by atoms with E-state index in [1.54, 1.807) is 0 Å². The highest BCUT2D eigenvalue weighted by molar-refractivity contribution is 5.91. The standard InChI is InChI=1S/C21H28N4O/c1-17-4-3-5-19(16-17)23-21(26)10-11-22-18-6-8-20(9-7-18)25-14-12-24(2)13-15-25/h3-9,16,22H,10-15H2,1-2H3,(H,23,26). The van der Waals surface area contributed by atoms with Crippen LogP contribution in [0.1, 0.15) is 12.0 Å². The molecule has 3 rings (SSSR count). The van der Waals surface area contributed by atoms with Crippen molar-refractivity contribution in [2.75, 3.05) is 55.3 Å². The van der Waals surface area contributed by atoms with Crippen LogP contribution in [0.15, 0.2) is 48.5 Å². The molecule has 1 heterocycles. The van der Waals surface area contributed by atoms with E-state index in [0.717, 1.165) is 43.1 Å². The first-order chi connectivity index (χ1) is 12.6. The first-order valence-electron chi connectivity index (χ1n) is 9.24. The Morgan fingerprint density at radius 3 is 2.42 bits per heavy atom. The lowest BCUT2D eigenvalue weighted by Gasteiger charge is -2.34. The molecular weight excluding hydrogens is 324 g/mol. The van der Waals surface area contributed by atoms with Crippen LogP contribution < -0.4 is 15.5 Å². The Labute approximate surface area is 156 Å². The van der Waals surface area contributed by atoms with Gasteiger partial charge >= 0.3 is 0 Å². The van der Waals surface area contributed by atoms with Crippen molar-refractivity contribution in [1.82, 2.24) is 4.90 Å². The first kappa shape index (κ1) is 18.3. The molecule has 0 spiro atoms. The minimum absolute atomic E-state index is 0.0251. The Kier molecular flexibility index (Phi) is 6.12. The fourth-order valence-electron chi connectivity index (χ4n) is 3.12. The summed E-state index contributed by atoms with van der Waals surface area (Å²) in [6, 6.07) is 16.3. The summed E-state index contributed by atoms with van der Waals surface area (Å²) in [5, 5.41) is 6.26. The van der Waals surface area contributed by atoms with Gasteiger partial charge in [-0.2, -0.15) is 0 Å². The second-order valence-corrected chi connectivity index (χ2v) is 6.93. The molecule has 138 valence electrons. The van der Waals surface area contributed by atoms with Crippen molar-refractivity contribution in [1.29, 1.82) is 0 Å². The van der Waals surface area contributed by atoms with Crippen molar-refractivity contribution in [3.05, 3.63) is 54.1 Å². The number of nitrogens with zero attached hydrogens (tertiary/aromatic N) is 2. The van der Waals surface area contributed by atoms with E-state index in [0.29, 0.717) is 13.0 Å². The number of rotatable bonds is 6. The molecule has 1 fully saturated rings. The fourth-order valence-corrected chi connectivity index (χ4v) is 3.12. The maximum atomic E-state index is 12.0. The molecule has 0 saturated carbocycles. The minimum atomic E-state index is 0.0251. The lowest BCUT2D eigenvalue weighted by molar-refractivity contribution is -0.115. The molecule has 5 heteroatoms. The van der Waals surface area contributed by atoms with Crippen LogP contribution in [-0.4, -0.2) is 50.6 Å². The predicted octanol–water partition coefficient (Wildman–Crippen LogP) is 3.19. The number of benzene rings is 2. The molecule has 1 amide bonds. The van der Waals surface area contributed by atoms with Crippen LogP contribution >= 0.6 is 0 Å². The van der Waals surface area contributed by atoms with Crippen molar-refractivity contribution in [2.45, 2.75) is 13.3 Å². The van der Waals surface area contributed by atoms with Gasteiger partial charge in [0, 0.05) is 56.2 Å². The lowest BCUT2D eigenvalue weighted by atomic mass is 10.2. The van der Waals surface area contributed by atoms with E-state index in [2.05, 4.69) is 51.7 Å². The summed E-state index contributed by atoms with van der Waals surface area (Å²) in [6.07, 6.45) is 0.439. The van der Waals surface area contributed by atoms with Gasteiger partial charge in [-0.25, -0.2) is 0 Å². The van der Waals surface area contributed by atoms with Crippen molar-refractivity contribution >= 4 is 23.0 Å². The highest BCUT2D eigenvalue weighted by Gasteiger charge is 2.13. The van der Waals surface area contributed by atoms with Gasteiger partial charge in [-0.15, -0.1) is 0 Å². The monoisotopic (exact) mass is 352 g/mol. The van der Waals surface area contributed by atoms with Gasteiger partial charge in [-0.3, -0.25) is 4.79 Å². The van der Waals surface area contributed by atoms with Gasteiger partial charge in [-0.1, -0.05) is 12.1 Å². The van der Waals surface area contributed by atoms with E-state index in [9.17, 15) is 4.79 Å². The minimum Gasteiger partial charge on any atom is -0.385 e. The Bertz CT molecular complexity index is 721. The zero-order valence-corrected chi connectivity index (χ0v) is 15.7. The van der Waals surface area contributed by atoms with Crippen LogP contribution in [-0.2, 0) is 4.79 Å². The molecule has 1 saturated heterocycles. The zero-order chi connectivity index (χ0) is 18.4. The molecular formula is C21H28N4O. The fraction of sp³-hybridized carbons (Fsp3) is 0.381. The maximum Gasteiger partial charge on any atom is 0.226 e. The number of piperazine rings is 1. The van der Waals surface area contributed by atoms with Crippen LogP contribution in [0.5, 0.6) is 0 Å². The smallest absolute Gasteiger partial charge is 0.226 e. The Balaban J connectivity index is 1.42. The van der Waals surface area contributed by atoms with Gasteiger partial charge in [0.15, 0.2) is 0 Å². The predicted molar refractivity (Wildman–Crippen MR) is 109 cm³/mol. The third-order valence-corrected chi connectivity index (χ3v) is 4.72. The number of aryl methyl sites for hydroxylation is 1. The molecule has 0 radical (unpaired) electrons. The van der Waals surface area contributed by atoms with Gasteiger partial charge in [-0.05, 0) is 55.9 Å². The van der Waals surface area contributed by atoms with Crippen LogP contribution in [0.2, 0.25) is 0 Å². The van der Waals surface area contributed by atoms with Gasteiger partial charge in [0.25, 0.3) is 0 Å². The number of hydrogen-bond acceptors (Lipinski definition) is 4. The molecule has 1 aliphatic heterocycles. The average molecular weight is 352 g/mol. The van der Waals surface area contributed by atoms with E-state index < -0.39 is 0 Å².